The zero-order valence-corrected chi connectivity index (χ0v) is 31.4. The van der Waals surface area contributed by atoms with Crippen LogP contribution in [0.1, 0.15) is 38.9 Å². The van der Waals surface area contributed by atoms with Crippen molar-refractivity contribution < 1.29 is 34.7 Å². The lowest BCUT2D eigenvalue weighted by atomic mass is 10.1. The summed E-state index contributed by atoms with van der Waals surface area (Å²) in [7, 11) is -6.36. The van der Waals surface area contributed by atoms with Gasteiger partial charge in [-0.1, -0.05) is 65.7 Å². The van der Waals surface area contributed by atoms with E-state index in [-0.39, 0.29) is 55.2 Å². The van der Waals surface area contributed by atoms with Crippen LogP contribution in [0.15, 0.2) is 88.7 Å². The van der Waals surface area contributed by atoms with E-state index in [2.05, 4.69) is 0 Å². The predicted molar refractivity (Wildman–Crippen MR) is 196 cm³/mol. The van der Waals surface area contributed by atoms with Crippen molar-refractivity contribution in [3.05, 3.63) is 118 Å². The number of carbonyl (C=O) groups excluding carboxylic acids is 1. The van der Waals surface area contributed by atoms with Gasteiger partial charge < -0.3 is 14.5 Å². The Morgan fingerprint density at radius 1 is 0.620 bits per heavy atom. The molecular weight excluding hydrogens is 677 g/mol. The number of hydrogen-bond donors (Lipinski definition) is 0. The highest BCUT2D eigenvalue weighted by molar-refractivity contribution is 7.87. The fourth-order valence-corrected chi connectivity index (χ4v) is 8.75. The Morgan fingerprint density at radius 3 is 1.48 bits per heavy atom. The number of benzene rings is 4. The summed E-state index contributed by atoms with van der Waals surface area (Å²) >= 11 is 0. The monoisotopic (exact) mass is 722 g/mol. The lowest BCUT2D eigenvalue weighted by molar-refractivity contribution is -0.143. The standard InChI is InChI=1S/C38H46N2O8S2/c1-27-21-29(3)37(30(4)22-27)49(42,43)47-19-17-40(18-20-48-50(44,45)38-31(5)23-28(2)24-32(38)6)35-15-13-34(14-16-35)39(7)25-36(41)46-26-33-11-9-8-10-12-33/h8-16,21-24H,17-20,25-26H2,1-7H3. The number of ether oxygens (including phenoxy) is 1. The van der Waals surface area contributed by atoms with Crippen LogP contribution >= 0.6 is 0 Å². The third-order valence-corrected chi connectivity index (χ3v) is 11.4. The zero-order valence-electron chi connectivity index (χ0n) is 29.7. The molecule has 0 aliphatic heterocycles. The van der Waals surface area contributed by atoms with Gasteiger partial charge in [0.2, 0.25) is 0 Å². The van der Waals surface area contributed by atoms with Crippen molar-refractivity contribution in [3.63, 3.8) is 0 Å². The average Bonchev–Trinajstić information content (AvgIpc) is 3.02. The molecule has 0 saturated carbocycles. The summed E-state index contributed by atoms with van der Waals surface area (Å²) in [4.78, 5) is 16.3. The third kappa shape index (κ3) is 10.2. The van der Waals surface area contributed by atoms with Crippen molar-refractivity contribution in [2.45, 2.75) is 57.9 Å². The summed E-state index contributed by atoms with van der Waals surface area (Å²) < 4.78 is 69.4. The van der Waals surface area contributed by atoms with Crippen LogP contribution in [-0.2, 0) is 44.7 Å². The summed E-state index contributed by atoms with van der Waals surface area (Å²) in [6.45, 7) is 10.8. The van der Waals surface area contributed by atoms with Crippen molar-refractivity contribution in [1.82, 2.24) is 0 Å². The molecule has 0 aliphatic carbocycles. The molecule has 0 N–H and O–H groups in total. The van der Waals surface area contributed by atoms with Crippen molar-refractivity contribution in [3.8, 4) is 0 Å². The van der Waals surface area contributed by atoms with E-state index < -0.39 is 20.2 Å². The second-order valence-electron chi connectivity index (χ2n) is 12.5. The van der Waals surface area contributed by atoms with Crippen molar-refractivity contribution >= 4 is 37.6 Å². The Labute approximate surface area is 296 Å². The van der Waals surface area contributed by atoms with Crippen LogP contribution in [0.5, 0.6) is 0 Å². The van der Waals surface area contributed by atoms with Crippen molar-refractivity contribution in [1.29, 1.82) is 0 Å². The molecular formula is C38H46N2O8S2. The van der Waals surface area contributed by atoms with E-state index in [9.17, 15) is 21.6 Å². The summed E-state index contributed by atoms with van der Waals surface area (Å²) in [6.07, 6.45) is 0. The number of carbonyl (C=O) groups is 1. The minimum absolute atomic E-state index is 0.0307. The Hall–Kier alpha value is -4.23. The molecule has 0 aliphatic rings. The van der Waals surface area contributed by atoms with Crippen LogP contribution < -0.4 is 9.80 Å². The molecule has 0 aromatic heterocycles. The van der Waals surface area contributed by atoms with Crippen LogP contribution in [0.2, 0.25) is 0 Å². The maximum atomic E-state index is 13.2. The molecule has 0 unspecified atom stereocenters. The number of rotatable bonds is 16. The molecule has 10 nitrogen and oxygen atoms in total. The van der Waals surface area contributed by atoms with E-state index in [0.29, 0.717) is 27.9 Å². The van der Waals surface area contributed by atoms with Crippen LogP contribution in [-0.4, -0.2) is 62.7 Å². The second-order valence-corrected chi connectivity index (χ2v) is 15.6. The first-order chi connectivity index (χ1) is 23.6. The number of nitrogens with zero attached hydrogens (tertiary/aromatic N) is 2. The Balaban J connectivity index is 1.47. The minimum atomic E-state index is -4.07. The van der Waals surface area contributed by atoms with Gasteiger partial charge in [0.15, 0.2) is 0 Å². The van der Waals surface area contributed by atoms with Gasteiger partial charge in [0, 0.05) is 31.5 Å². The SMILES string of the molecule is Cc1cc(C)c(S(=O)(=O)OCCN(CCOS(=O)(=O)c2c(C)cc(C)cc2C)c2ccc(N(C)CC(=O)OCc3ccccc3)cc2)c(C)c1. The van der Waals surface area contributed by atoms with E-state index in [1.807, 2.05) is 68.4 Å². The highest BCUT2D eigenvalue weighted by atomic mass is 32.2. The first-order valence-electron chi connectivity index (χ1n) is 16.3. The number of likely N-dealkylation sites (N-methyl/N-ethyl adjacent to an activating group) is 1. The summed E-state index contributed by atoms with van der Waals surface area (Å²) in [5, 5.41) is 0. The Bertz CT molecular complexity index is 1870. The molecule has 0 saturated heterocycles. The zero-order chi connectivity index (χ0) is 36.6. The fourth-order valence-electron chi connectivity index (χ4n) is 6.11. The smallest absolute Gasteiger partial charge is 0.325 e. The van der Waals surface area contributed by atoms with Gasteiger partial charge in [-0.2, -0.15) is 16.8 Å². The molecule has 4 aromatic rings. The largest absolute Gasteiger partial charge is 0.459 e. The van der Waals surface area contributed by atoms with Gasteiger partial charge >= 0.3 is 5.97 Å². The summed E-state index contributed by atoms with van der Waals surface area (Å²) in [5.41, 5.74) is 6.64. The lowest BCUT2D eigenvalue weighted by Crippen LogP contribution is -2.32. The van der Waals surface area contributed by atoms with E-state index in [0.717, 1.165) is 22.4 Å². The molecule has 0 amide bonds. The first-order valence-corrected chi connectivity index (χ1v) is 19.1. The highest BCUT2D eigenvalue weighted by Gasteiger charge is 2.24. The fraction of sp³-hybridized carbons (Fsp3) is 0.342. The van der Waals surface area contributed by atoms with E-state index >= 15 is 0 Å². The molecule has 4 rings (SSSR count). The van der Waals surface area contributed by atoms with Gasteiger partial charge in [0.25, 0.3) is 20.2 Å². The number of aryl methyl sites for hydroxylation is 6. The van der Waals surface area contributed by atoms with E-state index in [1.165, 1.54) is 0 Å². The maximum Gasteiger partial charge on any atom is 0.325 e. The molecule has 50 heavy (non-hydrogen) atoms. The van der Waals surface area contributed by atoms with Crippen LogP contribution in [0.3, 0.4) is 0 Å². The minimum Gasteiger partial charge on any atom is -0.459 e. The maximum absolute atomic E-state index is 13.2. The molecule has 0 heterocycles. The predicted octanol–water partition coefficient (Wildman–Crippen LogP) is 6.33. The number of anilines is 2. The van der Waals surface area contributed by atoms with Gasteiger partial charge in [0.1, 0.15) is 13.2 Å². The molecule has 0 spiro atoms. The molecule has 0 fully saturated rings. The Kier molecular flexibility index (Phi) is 12.8. The summed E-state index contributed by atoms with van der Waals surface area (Å²) in [5.74, 6) is -0.378. The number of esters is 1. The van der Waals surface area contributed by atoms with Crippen molar-refractivity contribution in [2.24, 2.45) is 0 Å². The molecule has 268 valence electrons. The molecule has 4 aromatic carbocycles. The first kappa shape index (κ1) is 38.6. The van der Waals surface area contributed by atoms with Crippen LogP contribution in [0, 0.1) is 41.5 Å². The molecule has 0 radical (unpaired) electrons. The average molecular weight is 723 g/mol. The van der Waals surface area contributed by atoms with Crippen molar-refractivity contribution in [2.75, 3.05) is 49.7 Å². The van der Waals surface area contributed by atoms with Gasteiger partial charge in [0.05, 0.1) is 23.0 Å². The van der Waals surface area contributed by atoms with Gasteiger partial charge in [-0.15, -0.1) is 0 Å². The second kappa shape index (κ2) is 16.7. The van der Waals surface area contributed by atoms with Crippen LogP contribution in [0.25, 0.3) is 0 Å². The van der Waals surface area contributed by atoms with Crippen LogP contribution in [0.4, 0.5) is 11.4 Å². The van der Waals surface area contributed by atoms with Gasteiger partial charge in [-0.05, 0) is 93.6 Å². The number of hydrogen-bond acceptors (Lipinski definition) is 10. The molecule has 0 bridgehead atoms. The van der Waals surface area contributed by atoms with E-state index in [1.54, 1.807) is 68.8 Å². The van der Waals surface area contributed by atoms with Gasteiger partial charge in [-0.3, -0.25) is 13.2 Å². The third-order valence-electron chi connectivity index (χ3n) is 8.17. The molecule has 12 heteroatoms. The van der Waals surface area contributed by atoms with Gasteiger partial charge in [-0.25, -0.2) is 0 Å². The quantitative estimate of drug-likeness (QED) is 0.0959. The van der Waals surface area contributed by atoms with E-state index in [4.69, 9.17) is 13.1 Å². The topological polar surface area (TPSA) is 120 Å². The Morgan fingerprint density at radius 2 is 1.04 bits per heavy atom. The normalized spacial score (nSPS) is 11.7. The highest BCUT2D eigenvalue weighted by Crippen LogP contribution is 2.26. The summed E-state index contributed by atoms with van der Waals surface area (Å²) in [6, 6.07) is 23.9. The lowest BCUT2D eigenvalue weighted by Gasteiger charge is -2.26. The molecule has 0 atom stereocenters.